The number of carbonyl (C=O) groups is 1. The Labute approximate surface area is 186 Å². The molecule has 32 heavy (non-hydrogen) atoms. The molecular formula is C24H19FN4O2S. The van der Waals surface area contributed by atoms with Gasteiger partial charge in [0.2, 0.25) is 0 Å². The molecule has 0 saturated heterocycles. The van der Waals surface area contributed by atoms with Crippen molar-refractivity contribution >= 4 is 44.2 Å². The number of anilines is 1. The summed E-state index contributed by atoms with van der Waals surface area (Å²) in [4.78, 5) is 25.8. The van der Waals surface area contributed by atoms with E-state index in [2.05, 4.69) is 20.3 Å². The van der Waals surface area contributed by atoms with Crippen molar-refractivity contribution in [2.45, 2.75) is 19.4 Å². The number of halogens is 1. The highest BCUT2D eigenvalue weighted by molar-refractivity contribution is 7.19. The molecule has 0 saturated carbocycles. The maximum absolute atomic E-state index is 13.5. The van der Waals surface area contributed by atoms with Crippen LogP contribution < -0.4 is 5.32 Å². The van der Waals surface area contributed by atoms with Crippen molar-refractivity contribution < 1.29 is 14.3 Å². The summed E-state index contributed by atoms with van der Waals surface area (Å²) < 4.78 is 13.5. The van der Waals surface area contributed by atoms with Gasteiger partial charge in [0.1, 0.15) is 28.8 Å². The summed E-state index contributed by atoms with van der Waals surface area (Å²) in [5.41, 5.74) is 3.58. The van der Waals surface area contributed by atoms with E-state index in [9.17, 15) is 14.3 Å². The minimum atomic E-state index is -0.975. The minimum Gasteiger partial charge on any atom is -0.480 e. The van der Waals surface area contributed by atoms with Crippen LogP contribution in [0.15, 0.2) is 61.1 Å². The molecule has 8 heteroatoms. The molecule has 0 aliphatic heterocycles. The Balaban J connectivity index is 1.56. The highest BCUT2D eigenvalue weighted by Crippen LogP contribution is 2.40. The Morgan fingerprint density at radius 3 is 2.75 bits per heavy atom. The molecule has 0 radical (unpaired) electrons. The number of thiophene rings is 1. The molecular weight excluding hydrogens is 427 g/mol. The van der Waals surface area contributed by atoms with E-state index >= 15 is 0 Å². The van der Waals surface area contributed by atoms with Gasteiger partial charge in [-0.05, 0) is 36.2 Å². The molecule has 2 aromatic carbocycles. The number of aromatic nitrogens is 3. The molecule has 0 aliphatic carbocycles. The number of carboxylic acid groups (broad SMARTS) is 1. The van der Waals surface area contributed by atoms with Gasteiger partial charge in [-0.3, -0.25) is 0 Å². The number of para-hydroxylation sites is 1. The number of rotatable bonds is 6. The number of nitrogens with zero attached hydrogens (tertiary/aromatic N) is 2. The summed E-state index contributed by atoms with van der Waals surface area (Å²) in [5.74, 6) is -0.839. The number of carboxylic acids is 1. The summed E-state index contributed by atoms with van der Waals surface area (Å²) in [6.07, 6.45) is 3.55. The van der Waals surface area contributed by atoms with Crippen LogP contribution in [0.3, 0.4) is 0 Å². The van der Waals surface area contributed by atoms with Gasteiger partial charge < -0.3 is 15.4 Å². The van der Waals surface area contributed by atoms with E-state index in [-0.39, 0.29) is 12.2 Å². The van der Waals surface area contributed by atoms with Gasteiger partial charge in [-0.25, -0.2) is 19.2 Å². The van der Waals surface area contributed by atoms with Gasteiger partial charge in [0, 0.05) is 34.0 Å². The van der Waals surface area contributed by atoms with E-state index in [1.165, 1.54) is 29.8 Å². The molecule has 5 rings (SSSR count). The van der Waals surface area contributed by atoms with Gasteiger partial charge in [0.25, 0.3) is 0 Å². The number of fused-ring (bicyclic) bond motifs is 2. The fourth-order valence-electron chi connectivity index (χ4n) is 4.00. The topological polar surface area (TPSA) is 90.9 Å². The standard InChI is InChI=1S/C24H19FN4O2S/c1-13-20(14-6-8-16(25)9-7-14)21-22(27-12-28-23(21)32-13)29-19(24(30)31)10-15-11-26-18-5-3-2-4-17(15)18/h2-9,11-12,19,26H,10H2,1H3,(H,30,31)(H,27,28,29). The second kappa shape index (κ2) is 8.05. The van der Waals surface area contributed by atoms with Gasteiger partial charge in [-0.1, -0.05) is 30.3 Å². The number of H-pyrrole nitrogens is 1. The third-order valence-electron chi connectivity index (χ3n) is 5.51. The van der Waals surface area contributed by atoms with Crippen LogP contribution >= 0.6 is 11.3 Å². The SMILES string of the molecule is Cc1sc2ncnc(NC(Cc3c[nH]c4ccccc34)C(=O)O)c2c1-c1ccc(F)cc1. The smallest absolute Gasteiger partial charge is 0.326 e. The molecule has 6 nitrogen and oxygen atoms in total. The van der Waals surface area contributed by atoms with E-state index in [1.54, 1.807) is 12.1 Å². The van der Waals surface area contributed by atoms with Gasteiger partial charge >= 0.3 is 5.97 Å². The largest absolute Gasteiger partial charge is 0.480 e. The second-order valence-corrected chi connectivity index (χ2v) is 8.74. The quantitative estimate of drug-likeness (QED) is 0.325. The summed E-state index contributed by atoms with van der Waals surface area (Å²) >= 11 is 1.50. The number of aliphatic carboxylic acids is 1. The fraction of sp³-hybridized carbons (Fsp3) is 0.125. The lowest BCUT2D eigenvalue weighted by Gasteiger charge is -2.16. The zero-order valence-corrected chi connectivity index (χ0v) is 17.9. The molecule has 0 fully saturated rings. The maximum Gasteiger partial charge on any atom is 0.326 e. The van der Waals surface area contributed by atoms with Crippen molar-refractivity contribution in [2.75, 3.05) is 5.32 Å². The lowest BCUT2D eigenvalue weighted by Crippen LogP contribution is -2.32. The number of hydrogen-bond acceptors (Lipinski definition) is 5. The first-order valence-electron chi connectivity index (χ1n) is 10.1. The summed E-state index contributed by atoms with van der Waals surface area (Å²) in [5, 5.41) is 14.8. The van der Waals surface area contributed by atoms with E-state index < -0.39 is 12.0 Å². The number of hydrogen-bond donors (Lipinski definition) is 3. The van der Waals surface area contributed by atoms with Crippen LogP contribution in [0.4, 0.5) is 10.2 Å². The van der Waals surface area contributed by atoms with Gasteiger partial charge in [0.15, 0.2) is 0 Å². The van der Waals surface area contributed by atoms with Gasteiger partial charge in [0.05, 0.1) is 5.39 Å². The van der Waals surface area contributed by atoms with Crippen molar-refractivity contribution in [3.05, 3.63) is 77.3 Å². The first-order valence-corrected chi connectivity index (χ1v) is 10.9. The number of nitrogens with one attached hydrogen (secondary N) is 2. The predicted octanol–water partition coefficient (Wildman–Crippen LogP) is 5.39. The third kappa shape index (κ3) is 3.58. The third-order valence-corrected chi connectivity index (χ3v) is 6.52. The Hall–Kier alpha value is -3.78. The van der Waals surface area contributed by atoms with Crippen LogP contribution in [0.5, 0.6) is 0 Å². The first-order chi connectivity index (χ1) is 15.5. The molecule has 160 valence electrons. The number of aryl methyl sites for hydroxylation is 1. The van der Waals surface area contributed by atoms with Crippen molar-refractivity contribution in [2.24, 2.45) is 0 Å². The number of aromatic amines is 1. The molecule has 0 aliphatic rings. The second-order valence-electron chi connectivity index (χ2n) is 7.54. The summed E-state index contributed by atoms with van der Waals surface area (Å²) in [7, 11) is 0. The van der Waals surface area contributed by atoms with Crippen LogP contribution in [0.25, 0.3) is 32.2 Å². The molecule has 1 atom stereocenters. The van der Waals surface area contributed by atoms with E-state index in [1.807, 2.05) is 37.4 Å². The highest BCUT2D eigenvalue weighted by Gasteiger charge is 2.23. The van der Waals surface area contributed by atoms with Crippen LogP contribution in [0, 0.1) is 12.7 Å². The highest BCUT2D eigenvalue weighted by atomic mass is 32.1. The van der Waals surface area contributed by atoms with Gasteiger partial charge in [-0.15, -0.1) is 11.3 Å². The average Bonchev–Trinajstić information content (AvgIpc) is 3.34. The van der Waals surface area contributed by atoms with Crippen molar-refractivity contribution in [1.82, 2.24) is 15.0 Å². The molecule has 0 amide bonds. The zero-order chi connectivity index (χ0) is 22.2. The Morgan fingerprint density at radius 1 is 1.19 bits per heavy atom. The van der Waals surface area contributed by atoms with Crippen LogP contribution in [0.1, 0.15) is 10.4 Å². The molecule has 0 spiro atoms. The van der Waals surface area contributed by atoms with E-state index in [0.29, 0.717) is 5.82 Å². The monoisotopic (exact) mass is 446 g/mol. The molecule has 3 heterocycles. The zero-order valence-electron chi connectivity index (χ0n) is 17.1. The van der Waals surface area contributed by atoms with Crippen LogP contribution in [-0.4, -0.2) is 32.1 Å². The van der Waals surface area contributed by atoms with Crippen LogP contribution in [0.2, 0.25) is 0 Å². The van der Waals surface area contributed by atoms with Gasteiger partial charge in [-0.2, -0.15) is 0 Å². The minimum absolute atomic E-state index is 0.278. The number of benzene rings is 2. The Morgan fingerprint density at radius 2 is 1.97 bits per heavy atom. The molecule has 0 bridgehead atoms. The van der Waals surface area contributed by atoms with E-state index in [0.717, 1.165) is 42.7 Å². The molecule has 5 aromatic rings. The average molecular weight is 447 g/mol. The molecule has 3 aromatic heterocycles. The fourth-order valence-corrected chi connectivity index (χ4v) is 5.02. The van der Waals surface area contributed by atoms with Crippen molar-refractivity contribution in [3.8, 4) is 11.1 Å². The molecule has 3 N–H and O–H groups in total. The lowest BCUT2D eigenvalue weighted by atomic mass is 10.0. The Bertz CT molecular complexity index is 1440. The predicted molar refractivity (Wildman–Crippen MR) is 125 cm³/mol. The first kappa shape index (κ1) is 20.1. The lowest BCUT2D eigenvalue weighted by molar-refractivity contribution is -0.137. The molecule has 1 unspecified atom stereocenters. The summed E-state index contributed by atoms with van der Waals surface area (Å²) in [6.45, 7) is 1.97. The van der Waals surface area contributed by atoms with Crippen LogP contribution in [-0.2, 0) is 11.2 Å². The maximum atomic E-state index is 13.5. The normalized spacial score (nSPS) is 12.3. The Kier molecular flexibility index (Phi) is 5.07. The summed E-state index contributed by atoms with van der Waals surface area (Å²) in [6, 6.07) is 13.1. The van der Waals surface area contributed by atoms with Crippen molar-refractivity contribution in [1.29, 1.82) is 0 Å². The van der Waals surface area contributed by atoms with E-state index in [4.69, 9.17) is 0 Å². The van der Waals surface area contributed by atoms with Crippen molar-refractivity contribution in [3.63, 3.8) is 0 Å².